The zero-order valence-corrected chi connectivity index (χ0v) is 17.4. The zero-order chi connectivity index (χ0) is 20.3. The molecule has 5 nitrogen and oxygen atoms in total. The van der Waals surface area contributed by atoms with E-state index in [4.69, 9.17) is 0 Å². The molecule has 29 heavy (non-hydrogen) atoms. The van der Waals surface area contributed by atoms with Gasteiger partial charge >= 0.3 is 0 Å². The van der Waals surface area contributed by atoms with Crippen LogP contribution in [0.15, 0.2) is 47.4 Å². The highest BCUT2D eigenvalue weighted by atomic mass is 32.2. The molecule has 7 heteroatoms. The molecule has 2 aromatic carbocycles. The number of fused-ring (bicyclic) bond motifs is 1. The lowest BCUT2D eigenvalue weighted by Crippen LogP contribution is -2.48. The van der Waals surface area contributed by atoms with E-state index in [-0.39, 0.29) is 5.82 Å². The van der Waals surface area contributed by atoms with Gasteiger partial charge in [0.25, 0.3) is 0 Å². The van der Waals surface area contributed by atoms with E-state index in [9.17, 15) is 12.8 Å². The van der Waals surface area contributed by atoms with Crippen LogP contribution in [0, 0.1) is 5.82 Å². The lowest BCUT2D eigenvalue weighted by atomic mass is 9.92. The van der Waals surface area contributed by atoms with E-state index in [0.717, 1.165) is 45.4 Å². The largest absolute Gasteiger partial charge is 0.367 e. The molecule has 0 amide bonds. The summed E-state index contributed by atoms with van der Waals surface area (Å²) in [5, 5.41) is 0. The molecule has 1 fully saturated rings. The Morgan fingerprint density at radius 3 is 2.41 bits per heavy atom. The van der Waals surface area contributed by atoms with Gasteiger partial charge in [-0.15, -0.1) is 0 Å². The molecular formula is C22H28FN3O2S. The van der Waals surface area contributed by atoms with Crippen molar-refractivity contribution in [3.8, 4) is 0 Å². The number of hydrogen-bond acceptors (Lipinski definition) is 4. The van der Waals surface area contributed by atoms with Crippen LogP contribution >= 0.6 is 0 Å². The van der Waals surface area contributed by atoms with E-state index in [1.54, 1.807) is 18.2 Å². The van der Waals surface area contributed by atoms with Gasteiger partial charge in [-0.3, -0.25) is 4.90 Å². The fourth-order valence-corrected chi connectivity index (χ4v) is 5.29. The van der Waals surface area contributed by atoms with E-state index in [1.165, 1.54) is 23.6 Å². The van der Waals surface area contributed by atoms with E-state index in [0.29, 0.717) is 23.7 Å². The maximum Gasteiger partial charge on any atom is 0.240 e. The Labute approximate surface area is 172 Å². The minimum atomic E-state index is -3.49. The smallest absolute Gasteiger partial charge is 0.240 e. The maximum absolute atomic E-state index is 13.9. The topological polar surface area (TPSA) is 52.7 Å². The monoisotopic (exact) mass is 417 g/mol. The first-order chi connectivity index (χ1) is 14.0. The lowest BCUT2D eigenvalue weighted by Gasteiger charge is -2.36. The normalized spacial score (nSPS) is 17.9. The van der Waals surface area contributed by atoms with Crippen LogP contribution in [0.3, 0.4) is 0 Å². The number of para-hydroxylation sites is 1. The zero-order valence-electron chi connectivity index (χ0n) is 16.6. The molecule has 1 heterocycles. The first-order valence-electron chi connectivity index (χ1n) is 10.4. The third kappa shape index (κ3) is 4.79. The third-order valence-corrected chi connectivity index (χ3v) is 7.37. The Morgan fingerprint density at radius 2 is 1.66 bits per heavy atom. The molecule has 1 N–H and O–H groups in total. The lowest BCUT2D eigenvalue weighted by molar-refractivity contribution is 0.261. The molecule has 0 bridgehead atoms. The Hall–Kier alpha value is -1.96. The first kappa shape index (κ1) is 20.3. The van der Waals surface area contributed by atoms with Gasteiger partial charge in [0.05, 0.1) is 10.6 Å². The van der Waals surface area contributed by atoms with E-state index >= 15 is 0 Å². The first-order valence-corrected chi connectivity index (χ1v) is 11.8. The van der Waals surface area contributed by atoms with Gasteiger partial charge in [0.15, 0.2) is 0 Å². The molecule has 4 rings (SSSR count). The van der Waals surface area contributed by atoms with E-state index in [2.05, 4.69) is 9.62 Å². The molecule has 156 valence electrons. The highest BCUT2D eigenvalue weighted by Crippen LogP contribution is 2.24. The molecule has 0 atom stereocenters. The third-order valence-electron chi connectivity index (χ3n) is 5.92. The Morgan fingerprint density at radius 1 is 0.931 bits per heavy atom. The predicted octanol–water partition coefficient (Wildman–Crippen LogP) is 2.81. The Balaban J connectivity index is 1.28. The van der Waals surface area contributed by atoms with Crippen LogP contribution in [0.1, 0.15) is 24.0 Å². The van der Waals surface area contributed by atoms with Crippen molar-refractivity contribution in [2.45, 2.75) is 30.6 Å². The highest BCUT2D eigenvalue weighted by molar-refractivity contribution is 7.89. The van der Waals surface area contributed by atoms with E-state index in [1.807, 2.05) is 23.1 Å². The van der Waals surface area contributed by atoms with Crippen LogP contribution in [-0.2, 0) is 22.9 Å². The van der Waals surface area contributed by atoms with Gasteiger partial charge in [-0.05, 0) is 61.1 Å². The van der Waals surface area contributed by atoms with Gasteiger partial charge in [0.2, 0.25) is 10.0 Å². The van der Waals surface area contributed by atoms with Crippen molar-refractivity contribution in [2.75, 3.05) is 44.2 Å². The van der Waals surface area contributed by atoms with Crippen LogP contribution in [0.25, 0.3) is 0 Å². The number of halogens is 1. The molecule has 1 aliphatic heterocycles. The number of piperazine rings is 1. The number of nitrogens with zero attached hydrogens (tertiary/aromatic N) is 2. The average Bonchev–Trinajstić information content (AvgIpc) is 2.74. The summed E-state index contributed by atoms with van der Waals surface area (Å²) in [5.41, 5.74) is 3.09. The Bertz CT molecular complexity index is 956. The summed E-state index contributed by atoms with van der Waals surface area (Å²) in [6.07, 6.45) is 4.32. The number of aryl methyl sites for hydroxylation is 2. The standard InChI is InChI=1S/C22H28FN3O2S/c23-21-7-3-4-8-22(21)26-15-13-25(14-16-26)12-11-24-29(27,28)20-10-9-18-5-1-2-6-19(18)17-20/h3-4,7-10,17,24H,1-2,5-6,11-16H2. The number of sulfonamides is 1. The number of nitrogens with one attached hydrogen (secondary N) is 1. The van der Waals surface area contributed by atoms with Crippen molar-refractivity contribution in [1.29, 1.82) is 0 Å². The molecule has 0 radical (unpaired) electrons. The summed E-state index contributed by atoms with van der Waals surface area (Å²) in [5.74, 6) is -0.196. The molecule has 0 spiro atoms. The maximum atomic E-state index is 13.9. The second-order valence-corrected chi connectivity index (χ2v) is 9.58. The highest BCUT2D eigenvalue weighted by Gasteiger charge is 2.21. The van der Waals surface area contributed by atoms with Crippen LogP contribution in [-0.4, -0.2) is 52.6 Å². The quantitative estimate of drug-likeness (QED) is 0.785. The molecule has 2 aromatic rings. The Kier molecular flexibility index (Phi) is 6.18. The van der Waals surface area contributed by atoms with Crippen molar-refractivity contribution in [1.82, 2.24) is 9.62 Å². The molecule has 0 aromatic heterocycles. The minimum absolute atomic E-state index is 0.196. The van der Waals surface area contributed by atoms with Crippen LogP contribution < -0.4 is 9.62 Å². The summed E-state index contributed by atoms with van der Waals surface area (Å²) in [6.45, 7) is 4.06. The van der Waals surface area contributed by atoms with Crippen molar-refractivity contribution in [3.05, 3.63) is 59.4 Å². The summed E-state index contributed by atoms with van der Waals surface area (Å²) in [7, 11) is -3.49. The minimum Gasteiger partial charge on any atom is -0.367 e. The predicted molar refractivity (Wildman–Crippen MR) is 113 cm³/mol. The van der Waals surface area contributed by atoms with Gasteiger partial charge in [-0.1, -0.05) is 18.2 Å². The van der Waals surface area contributed by atoms with Crippen LogP contribution in [0.5, 0.6) is 0 Å². The van der Waals surface area contributed by atoms with Gasteiger partial charge in [0.1, 0.15) is 5.82 Å². The number of benzene rings is 2. The molecule has 1 saturated heterocycles. The molecule has 0 saturated carbocycles. The molecular weight excluding hydrogens is 389 g/mol. The van der Waals surface area contributed by atoms with Crippen molar-refractivity contribution in [2.24, 2.45) is 0 Å². The van der Waals surface area contributed by atoms with Gasteiger partial charge in [-0.2, -0.15) is 0 Å². The van der Waals surface area contributed by atoms with Crippen LogP contribution in [0.2, 0.25) is 0 Å². The van der Waals surface area contributed by atoms with Gasteiger partial charge in [-0.25, -0.2) is 17.5 Å². The molecule has 0 unspecified atom stereocenters. The number of anilines is 1. The SMILES string of the molecule is O=S(=O)(NCCN1CCN(c2ccccc2F)CC1)c1ccc2c(c1)CCCC2. The van der Waals surface area contributed by atoms with Crippen molar-refractivity contribution >= 4 is 15.7 Å². The average molecular weight is 418 g/mol. The fourth-order valence-electron chi connectivity index (χ4n) is 4.22. The second kappa shape index (κ2) is 8.81. The number of hydrogen-bond donors (Lipinski definition) is 1. The van der Waals surface area contributed by atoms with Crippen LogP contribution in [0.4, 0.5) is 10.1 Å². The molecule has 1 aliphatic carbocycles. The summed E-state index contributed by atoms with van der Waals surface area (Å²) < 4.78 is 42.0. The van der Waals surface area contributed by atoms with Crippen molar-refractivity contribution < 1.29 is 12.8 Å². The van der Waals surface area contributed by atoms with Gasteiger partial charge in [0, 0.05) is 39.3 Å². The summed E-state index contributed by atoms with van der Waals surface area (Å²) in [6, 6.07) is 12.4. The second-order valence-electron chi connectivity index (χ2n) is 7.82. The van der Waals surface area contributed by atoms with E-state index < -0.39 is 10.0 Å². The fraction of sp³-hybridized carbons (Fsp3) is 0.455. The summed E-state index contributed by atoms with van der Waals surface area (Å²) in [4.78, 5) is 4.62. The van der Waals surface area contributed by atoms with Crippen molar-refractivity contribution in [3.63, 3.8) is 0 Å². The van der Waals surface area contributed by atoms with Gasteiger partial charge < -0.3 is 4.90 Å². The number of rotatable bonds is 6. The molecule has 2 aliphatic rings. The summed E-state index contributed by atoms with van der Waals surface area (Å²) >= 11 is 0.